The highest BCUT2D eigenvalue weighted by molar-refractivity contribution is 7.89. The number of hydrogen-bond donors (Lipinski definition) is 1. The van der Waals surface area contributed by atoms with Crippen LogP contribution in [0.4, 0.5) is 0 Å². The summed E-state index contributed by atoms with van der Waals surface area (Å²) < 4.78 is 32.4. The predicted molar refractivity (Wildman–Crippen MR) is 84.7 cm³/mol. The fourth-order valence-electron chi connectivity index (χ4n) is 2.33. The lowest BCUT2D eigenvalue weighted by molar-refractivity contribution is 0.142. The lowest BCUT2D eigenvalue weighted by Gasteiger charge is -2.27. The van der Waals surface area contributed by atoms with Gasteiger partial charge in [-0.1, -0.05) is 32.0 Å². The molecule has 0 aliphatic rings. The summed E-state index contributed by atoms with van der Waals surface area (Å²) in [6, 6.07) is 6.95. The van der Waals surface area contributed by atoms with E-state index in [0.717, 1.165) is 12.1 Å². The van der Waals surface area contributed by atoms with Crippen molar-refractivity contribution in [2.75, 3.05) is 26.8 Å². The summed E-state index contributed by atoms with van der Waals surface area (Å²) in [5.74, 6) is 0. The minimum atomic E-state index is -3.52. The quantitative estimate of drug-likeness (QED) is 0.755. The van der Waals surface area contributed by atoms with Crippen LogP contribution >= 0.6 is 0 Å². The highest BCUT2D eigenvalue weighted by atomic mass is 32.2. The molecule has 5 nitrogen and oxygen atoms in total. The van der Waals surface area contributed by atoms with E-state index in [1.54, 1.807) is 19.2 Å². The Balaban J connectivity index is 3.16. The van der Waals surface area contributed by atoms with Crippen molar-refractivity contribution in [3.05, 3.63) is 29.8 Å². The van der Waals surface area contributed by atoms with Gasteiger partial charge < -0.3 is 10.1 Å². The Morgan fingerprint density at radius 3 is 2.52 bits per heavy atom. The van der Waals surface area contributed by atoms with E-state index >= 15 is 0 Å². The van der Waals surface area contributed by atoms with E-state index in [4.69, 9.17) is 4.74 Å². The molecule has 0 saturated carbocycles. The van der Waals surface area contributed by atoms with Crippen LogP contribution in [0.15, 0.2) is 29.2 Å². The Hall–Kier alpha value is -0.950. The third kappa shape index (κ3) is 4.51. The van der Waals surface area contributed by atoms with E-state index in [1.165, 1.54) is 4.31 Å². The number of likely N-dealkylation sites (N-methyl/N-ethyl adjacent to an activating group) is 1. The maximum atomic E-state index is 12.9. The number of benzene rings is 1. The molecule has 1 N–H and O–H groups in total. The van der Waals surface area contributed by atoms with Gasteiger partial charge in [-0.15, -0.1) is 0 Å². The van der Waals surface area contributed by atoms with E-state index in [0.29, 0.717) is 24.6 Å². The maximum Gasteiger partial charge on any atom is 0.243 e. The largest absolute Gasteiger partial charge is 0.383 e. The second kappa shape index (κ2) is 8.48. The van der Waals surface area contributed by atoms with Gasteiger partial charge in [0.05, 0.1) is 11.5 Å². The molecule has 0 spiro atoms. The molecule has 0 heterocycles. The summed E-state index contributed by atoms with van der Waals surface area (Å²) in [7, 11) is -1.94. The van der Waals surface area contributed by atoms with Crippen LogP contribution < -0.4 is 5.32 Å². The molecule has 0 aromatic heterocycles. The van der Waals surface area contributed by atoms with Crippen LogP contribution in [0.2, 0.25) is 0 Å². The molecular weight excluding hydrogens is 288 g/mol. The molecule has 0 amide bonds. The van der Waals surface area contributed by atoms with Crippen molar-refractivity contribution in [3.63, 3.8) is 0 Å². The molecule has 0 saturated heterocycles. The van der Waals surface area contributed by atoms with Crippen LogP contribution in [0.5, 0.6) is 0 Å². The lowest BCUT2D eigenvalue weighted by Crippen LogP contribution is -2.41. The van der Waals surface area contributed by atoms with Gasteiger partial charge in [0.2, 0.25) is 10.0 Å². The standard InChI is InChI=1S/C15H26N2O3S/c1-5-16-11-14-9-7-8-10-15(14)21(18,19)17(6-2)13(3)12-20-4/h7-10,13,16H,5-6,11-12H2,1-4H3. The van der Waals surface area contributed by atoms with E-state index in [1.807, 2.05) is 32.9 Å². The predicted octanol–water partition coefficient (Wildman–Crippen LogP) is 1.84. The van der Waals surface area contributed by atoms with Gasteiger partial charge in [-0.05, 0) is 25.1 Å². The van der Waals surface area contributed by atoms with Gasteiger partial charge in [0.1, 0.15) is 0 Å². The van der Waals surface area contributed by atoms with Crippen LogP contribution in [-0.2, 0) is 21.3 Å². The summed E-state index contributed by atoms with van der Waals surface area (Å²) >= 11 is 0. The summed E-state index contributed by atoms with van der Waals surface area (Å²) in [6.45, 7) is 7.84. The van der Waals surface area contributed by atoms with E-state index in [-0.39, 0.29) is 6.04 Å². The van der Waals surface area contributed by atoms with Gasteiger partial charge in [-0.2, -0.15) is 4.31 Å². The van der Waals surface area contributed by atoms with Gasteiger partial charge in [0.15, 0.2) is 0 Å². The van der Waals surface area contributed by atoms with Crippen LogP contribution in [0.1, 0.15) is 26.3 Å². The first-order valence-electron chi connectivity index (χ1n) is 7.28. The summed E-state index contributed by atoms with van der Waals surface area (Å²) in [4.78, 5) is 0.371. The molecular formula is C15H26N2O3S. The third-order valence-electron chi connectivity index (χ3n) is 3.34. The second-order valence-electron chi connectivity index (χ2n) is 4.90. The van der Waals surface area contributed by atoms with Crippen LogP contribution in [-0.4, -0.2) is 45.6 Å². The molecule has 1 atom stereocenters. The number of sulfonamides is 1. The van der Waals surface area contributed by atoms with Gasteiger partial charge in [-0.3, -0.25) is 0 Å². The fraction of sp³-hybridized carbons (Fsp3) is 0.600. The zero-order valence-corrected chi connectivity index (χ0v) is 14.1. The monoisotopic (exact) mass is 314 g/mol. The molecule has 120 valence electrons. The Labute approximate surface area is 128 Å². The molecule has 21 heavy (non-hydrogen) atoms. The molecule has 1 aromatic rings. The molecule has 0 bridgehead atoms. The zero-order valence-electron chi connectivity index (χ0n) is 13.3. The first-order valence-corrected chi connectivity index (χ1v) is 8.72. The van der Waals surface area contributed by atoms with Gasteiger partial charge in [0, 0.05) is 26.2 Å². The molecule has 0 aliphatic heterocycles. The van der Waals surface area contributed by atoms with Crippen molar-refractivity contribution in [1.82, 2.24) is 9.62 Å². The smallest absolute Gasteiger partial charge is 0.243 e. The van der Waals surface area contributed by atoms with Crippen molar-refractivity contribution in [3.8, 4) is 0 Å². The second-order valence-corrected chi connectivity index (χ2v) is 6.76. The highest BCUT2D eigenvalue weighted by Crippen LogP contribution is 2.22. The first kappa shape index (κ1) is 18.1. The minimum absolute atomic E-state index is 0.197. The summed E-state index contributed by atoms with van der Waals surface area (Å²) in [6.07, 6.45) is 0. The molecule has 0 radical (unpaired) electrons. The summed E-state index contributed by atoms with van der Waals surface area (Å²) in [5.41, 5.74) is 0.794. The SMILES string of the molecule is CCNCc1ccccc1S(=O)(=O)N(CC)C(C)COC. The molecule has 0 fully saturated rings. The van der Waals surface area contributed by atoms with Crippen LogP contribution in [0.3, 0.4) is 0 Å². The number of ether oxygens (including phenoxy) is 1. The Morgan fingerprint density at radius 1 is 1.29 bits per heavy atom. The molecule has 0 aliphatic carbocycles. The molecule has 1 rings (SSSR count). The molecule has 6 heteroatoms. The van der Waals surface area contributed by atoms with Crippen LogP contribution in [0, 0.1) is 0 Å². The number of methoxy groups -OCH3 is 1. The van der Waals surface area contributed by atoms with Gasteiger partial charge in [0.25, 0.3) is 0 Å². The Kier molecular flexibility index (Phi) is 7.31. The van der Waals surface area contributed by atoms with Crippen molar-refractivity contribution >= 4 is 10.0 Å². The van der Waals surface area contributed by atoms with Gasteiger partial charge >= 0.3 is 0 Å². The Morgan fingerprint density at radius 2 is 1.95 bits per heavy atom. The molecule has 1 unspecified atom stereocenters. The Bertz CT molecular complexity index is 531. The highest BCUT2D eigenvalue weighted by Gasteiger charge is 2.29. The normalized spacial score (nSPS) is 13.6. The van der Waals surface area contributed by atoms with Crippen molar-refractivity contribution in [2.24, 2.45) is 0 Å². The fourth-order valence-corrected chi connectivity index (χ4v) is 4.18. The number of hydrogen-bond acceptors (Lipinski definition) is 4. The van der Waals surface area contributed by atoms with E-state index in [2.05, 4.69) is 5.32 Å². The summed E-state index contributed by atoms with van der Waals surface area (Å²) in [5, 5.41) is 3.18. The first-order chi connectivity index (χ1) is 9.98. The lowest BCUT2D eigenvalue weighted by atomic mass is 10.2. The van der Waals surface area contributed by atoms with Gasteiger partial charge in [-0.25, -0.2) is 8.42 Å². The van der Waals surface area contributed by atoms with E-state index in [9.17, 15) is 8.42 Å². The molecule has 1 aromatic carbocycles. The zero-order chi connectivity index (χ0) is 15.9. The van der Waals surface area contributed by atoms with Crippen molar-refractivity contribution < 1.29 is 13.2 Å². The average Bonchev–Trinajstić information content (AvgIpc) is 2.46. The average molecular weight is 314 g/mol. The van der Waals surface area contributed by atoms with E-state index < -0.39 is 10.0 Å². The van der Waals surface area contributed by atoms with Crippen molar-refractivity contribution in [1.29, 1.82) is 0 Å². The number of nitrogens with one attached hydrogen (secondary N) is 1. The number of nitrogens with zero attached hydrogens (tertiary/aromatic N) is 1. The number of rotatable bonds is 9. The minimum Gasteiger partial charge on any atom is -0.383 e. The third-order valence-corrected chi connectivity index (χ3v) is 5.53. The maximum absolute atomic E-state index is 12.9. The van der Waals surface area contributed by atoms with Crippen LogP contribution in [0.25, 0.3) is 0 Å². The van der Waals surface area contributed by atoms with Crippen molar-refractivity contribution in [2.45, 2.75) is 38.3 Å². The topological polar surface area (TPSA) is 58.6 Å².